The second kappa shape index (κ2) is 3.98. The maximum Gasteiger partial charge on any atom is 0.116 e. The number of aromatic hydroxyl groups is 1. The van der Waals surface area contributed by atoms with Gasteiger partial charge in [-0.3, -0.25) is 0 Å². The minimum atomic E-state index is -0.156. The van der Waals surface area contributed by atoms with Crippen LogP contribution in [-0.2, 0) is 6.42 Å². The Hall–Kier alpha value is -1.54. The molecule has 0 aromatic heterocycles. The molecule has 2 nitrogen and oxygen atoms in total. The van der Waals surface area contributed by atoms with Gasteiger partial charge in [0.05, 0.1) is 6.10 Å². The number of hydrogen-bond donors (Lipinski definition) is 2. The van der Waals surface area contributed by atoms with Crippen molar-refractivity contribution < 1.29 is 10.2 Å². The highest BCUT2D eigenvalue weighted by Crippen LogP contribution is 2.56. The Bertz CT molecular complexity index is 691. The van der Waals surface area contributed by atoms with E-state index in [1.54, 1.807) is 6.07 Å². The molecular weight excluding hydrogens is 248 g/mol. The minimum absolute atomic E-state index is 0.0532. The Morgan fingerprint density at radius 1 is 1.15 bits per heavy atom. The van der Waals surface area contributed by atoms with E-state index >= 15 is 0 Å². The highest BCUT2D eigenvalue weighted by Gasteiger charge is 2.48. The molecule has 0 aliphatic heterocycles. The molecule has 1 saturated carbocycles. The molecule has 1 unspecified atom stereocenters. The lowest BCUT2D eigenvalue weighted by molar-refractivity contribution is 0.0459. The minimum Gasteiger partial charge on any atom is -0.508 e. The Morgan fingerprint density at radius 3 is 2.85 bits per heavy atom. The summed E-state index contributed by atoms with van der Waals surface area (Å²) in [6.45, 7) is 2.25. The molecule has 2 N–H and O–H groups in total. The molecule has 20 heavy (non-hydrogen) atoms. The lowest BCUT2D eigenvalue weighted by Gasteiger charge is -2.40. The van der Waals surface area contributed by atoms with E-state index in [4.69, 9.17) is 0 Å². The average molecular weight is 268 g/mol. The van der Waals surface area contributed by atoms with Gasteiger partial charge in [-0.05, 0) is 65.6 Å². The molecule has 104 valence electrons. The molecule has 2 aliphatic rings. The first-order chi connectivity index (χ1) is 9.59. The van der Waals surface area contributed by atoms with Crippen molar-refractivity contribution in [3.63, 3.8) is 0 Å². The molecule has 0 radical (unpaired) electrons. The summed E-state index contributed by atoms with van der Waals surface area (Å²) in [6.07, 6.45) is 3.95. The van der Waals surface area contributed by atoms with Gasteiger partial charge in [-0.15, -0.1) is 0 Å². The van der Waals surface area contributed by atoms with Gasteiger partial charge in [0, 0.05) is 5.41 Å². The zero-order valence-electron chi connectivity index (χ0n) is 11.8. The van der Waals surface area contributed by atoms with Gasteiger partial charge in [0.1, 0.15) is 5.75 Å². The quantitative estimate of drug-likeness (QED) is 0.764. The maximum atomic E-state index is 10.3. The van der Waals surface area contributed by atoms with Crippen molar-refractivity contribution in [2.24, 2.45) is 5.41 Å². The largest absolute Gasteiger partial charge is 0.508 e. The first-order valence-corrected chi connectivity index (χ1v) is 7.52. The molecule has 1 fully saturated rings. The van der Waals surface area contributed by atoms with Crippen LogP contribution in [0.2, 0.25) is 0 Å². The SMILES string of the molecule is C[C@]12CCc3c(ccc4cc(O)ccc34)C1CC[C@H]2O. The van der Waals surface area contributed by atoms with Crippen LogP contribution in [0.1, 0.15) is 43.2 Å². The van der Waals surface area contributed by atoms with E-state index in [-0.39, 0.29) is 11.5 Å². The molecule has 2 aliphatic carbocycles. The molecule has 0 saturated heterocycles. The molecule has 2 aromatic carbocycles. The van der Waals surface area contributed by atoms with Gasteiger partial charge in [-0.1, -0.05) is 25.1 Å². The van der Waals surface area contributed by atoms with Crippen LogP contribution in [0.5, 0.6) is 5.75 Å². The predicted molar refractivity (Wildman–Crippen MR) is 80.0 cm³/mol. The average Bonchev–Trinajstić information content (AvgIpc) is 2.74. The normalized spacial score (nSPS) is 32.1. The zero-order valence-corrected chi connectivity index (χ0v) is 11.8. The zero-order chi connectivity index (χ0) is 13.9. The summed E-state index contributed by atoms with van der Waals surface area (Å²) in [6, 6.07) is 9.99. The number of phenolic OH excluding ortho intramolecular Hbond substituents is 1. The van der Waals surface area contributed by atoms with Crippen molar-refractivity contribution in [1.82, 2.24) is 0 Å². The van der Waals surface area contributed by atoms with Gasteiger partial charge < -0.3 is 10.2 Å². The number of aryl methyl sites for hydroxylation is 1. The van der Waals surface area contributed by atoms with Gasteiger partial charge in [-0.2, -0.15) is 0 Å². The fourth-order valence-electron chi connectivity index (χ4n) is 4.47. The second-order valence-electron chi connectivity index (χ2n) is 6.69. The summed E-state index contributed by atoms with van der Waals surface area (Å²) in [4.78, 5) is 0. The van der Waals surface area contributed by atoms with Crippen LogP contribution in [0.4, 0.5) is 0 Å². The van der Waals surface area contributed by atoms with E-state index in [0.717, 1.165) is 31.1 Å². The summed E-state index contributed by atoms with van der Waals surface area (Å²) >= 11 is 0. The molecule has 0 heterocycles. The number of hydrogen-bond acceptors (Lipinski definition) is 2. The van der Waals surface area contributed by atoms with Crippen molar-refractivity contribution in [2.45, 2.75) is 44.6 Å². The Labute approximate surface area is 119 Å². The van der Waals surface area contributed by atoms with Crippen LogP contribution in [0.15, 0.2) is 30.3 Å². The standard InChI is InChI=1S/C18H20O2/c1-18-9-8-14-13-5-3-12(19)10-11(13)2-4-15(14)16(18)6-7-17(18)20/h2-5,10,16-17,19-20H,6-9H2,1H3/t16?,17-,18+/m1/s1. The second-order valence-corrected chi connectivity index (χ2v) is 6.69. The van der Waals surface area contributed by atoms with E-state index in [0.29, 0.717) is 11.7 Å². The van der Waals surface area contributed by atoms with Gasteiger partial charge in [0.25, 0.3) is 0 Å². The predicted octanol–water partition coefficient (Wildman–Crippen LogP) is 3.74. The lowest BCUT2D eigenvalue weighted by Crippen LogP contribution is -2.35. The number of aliphatic hydroxyl groups excluding tert-OH is 1. The lowest BCUT2D eigenvalue weighted by atomic mass is 9.65. The van der Waals surface area contributed by atoms with Crippen molar-refractivity contribution >= 4 is 10.8 Å². The van der Waals surface area contributed by atoms with Crippen LogP contribution in [-0.4, -0.2) is 16.3 Å². The van der Waals surface area contributed by atoms with Crippen molar-refractivity contribution in [2.75, 3.05) is 0 Å². The third-order valence-electron chi connectivity index (χ3n) is 5.73. The third-order valence-corrected chi connectivity index (χ3v) is 5.73. The van der Waals surface area contributed by atoms with E-state index in [1.165, 1.54) is 16.5 Å². The number of aliphatic hydroxyl groups is 1. The summed E-state index contributed by atoms with van der Waals surface area (Å²) in [5.74, 6) is 0.814. The molecule has 4 rings (SSSR count). The molecule has 0 amide bonds. The van der Waals surface area contributed by atoms with E-state index < -0.39 is 0 Å². The molecule has 2 heteroatoms. The molecule has 2 aromatic rings. The monoisotopic (exact) mass is 268 g/mol. The van der Waals surface area contributed by atoms with E-state index in [1.807, 2.05) is 12.1 Å². The van der Waals surface area contributed by atoms with Crippen LogP contribution in [0.25, 0.3) is 10.8 Å². The summed E-state index contributed by atoms with van der Waals surface area (Å²) in [5.41, 5.74) is 2.91. The summed E-state index contributed by atoms with van der Waals surface area (Å²) < 4.78 is 0. The van der Waals surface area contributed by atoms with Crippen molar-refractivity contribution in [1.29, 1.82) is 0 Å². The maximum absolute atomic E-state index is 10.3. The Morgan fingerprint density at radius 2 is 2.00 bits per heavy atom. The fourth-order valence-corrected chi connectivity index (χ4v) is 4.47. The van der Waals surface area contributed by atoms with Gasteiger partial charge in [0.2, 0.25) is 0 Å². The van der Waals surface area contributed by atoms with Crippen molar-refractivity contribution in [3.05, 3.63) is 41.5 Å². The van der Waals surface area contributed by atoms with Crippen LogP contribution in [0, 0.1) is 5.41 Å². The fraction of sp³-hybridized carbons (Fsp3) is 0.444. The molecular formula is C18H20O2. The van der Waals surface area contributed by atoms with Gasteiger partial charge in [-0.25, -0.2) is 0 Å². The molecule has 3 atom stereocenters. The number of fused-ring (bicyclic) bond motifs is 5. The van der Waals surface area contributed by atoms with Crippen LogP contribution in [0.3, 0.4) is 0 Å². The van der Waals surface area contributed by atoms with Crippen LogP contribution < -0.4 is 0 Å². The number of phenols is 1. The molecule has 0 spiro atoms. The topological polar surface area (TPSA) is 40.5 Å². The summed E-state index contributed by atoms with van der Waals surface area (Å²) in [7, 11) is 0. The highest BCUT2D eigenvalue weighted by atomic mass is 16.3. The third kappa shape index (κ3) is 1.49. The van der Waals surface area contributed by atoms with E-state index in [9.17, 15) is 10.2 Å². The number of benzene rings is 2. The van der Waals surface area contributed by atoms with E-state index in [2.05, 4.69) is 19.1 Å². The van der Waals surface area contributed by atoms with Crippen molar-refractivity contribution in [3.8, 4) is 5.75 Å². The summed E-state index contributed by atoms with van der Waals surface area (Å²) in [5, 5.41) is 22.3. The first kappa shape index (κ1) is 12.2. The molecule has 0 bridgehead atoms. The van der Waals surface area contributed by atoms with Gasteiger partial charge >= 0.3 is 0 Å². The number of rotatable bonds is 0. The Balaban J connectivity index is 1.93. The van der Waals surface area contributed by atoms with Crippen LogP contribution >= 0.6 is 0 Å². The highest BCUT2D eigenvalue weighted by molar-refractivity contribution is 5.88. The smallest absolute Gasteiger partial charge is 0.116 e. The first-order valence-electron chi connectivity index (χ1n) is 7.52. The van der Waals surface area contributed by atoms with Gasteiger partial charge in [0.15, 0.2) is 0 Å². The Kier molecular flexibility index (Phi) is 2.43.